The van der Waals surface area contributed by atoms with E-state index in [9.17, 15) is 0 Å². The van der Waals surface area contributed by atoms with Gasteiger partial charge in [0.15, 0.2) is 5.96 Å². The van der Waals surface area contributed by atoms with Gasteiger partial charge in [-0.1, -0.05) is 29.3 Å². The zero-order valence-corrected chi connectivity index (χ0v) is 17.2. The summed E-state index contributed by atoms with van der Waals surface area (Å²) in [5, 5.41) is 3.88. The minimum absolute atomic E-state index is 0. The molecule has 0 aliphatic rings. The molecule has 2 aromatic rings. The third-order valence-corrected chi connectivity index (χ3v) is 3.36. The number of halogens is 3. The van der Waals surface area contributed by atoms with Gasteiger partial charge in [-0.25, -0.2) is 9.98 Å². The lowest BCUT2D eigenvalue weighted by Crippen LogP contribution is -2.23. The van der Waals surface area contributed by atoms with Crippen molar-refractivity contribution in [3.8, 4) is 5.88 Å². The summed E-state index contributed by atoms with van der Waals surface area (Å²) in [6, 6.07) is 7.67. The van der Waals surface area contributed by atoms with Crippen LogP contribution in [0.15, 0.2) is 35.5 Å². The van der Waals surface area contributed by atoms with Gasteiger partial charge in [0.2, 0.25) is 5.88 Å². The van der Waals surface area contributed by atoms with Crippen LogP contribution in [-0.2, 0) is 0 Å². The van der Waals surface area contributed by atoms with Crippen molar-refractivity contribution in [3.05, 3.63) is 51.6 Å². The Morgan fingerprint density at radius 2 is 1.88 bits per heavy atom. The molecule has 0 aliphatic heterocycles. The van der Waals surface area contributed by atoms with Crippen molar-refractivity contribution in [2.24, 2.45) is 10.7 Å². The maximum absolute atomic E-state index is 5.96. The molecule has 1 aromatic heterocycles. The van der Waals surface area contributed by atoms with Gasteiger partial charge in [0.1, 0.15) is 11.6 Å². The van der Waals surface area contributed by atoms with E-state index in [0.29, 0.717) is 35.0 Å². The van der Waals surface area contributed by atoms with Gasteiger partial charge in [0.05, 0.1) is 11.6 Å². The van der Waals surface area contributed by atoms with Crippen molar-refractivity contribution >= 4 is 58.8 Å². The minimum atomic E-state index is 0. The van der Waals surface area contributed by atoms with Crippen LogP contribution in [-0.4, -0.2) is 24.1 Å². The lowest BCUT2D eigenvalue weighted by atomic mass is 10.1. The number of hydrogen-bond acceptors (Lipinski definition) is 3. The van der Waals surface area contributed by atoms with E-state index >= 15 is 0 Å². The molecule has 5 nitrogen and oxygen atoms in total. The quantitative estimate of drug-likeness (QED) is 0.287. The van der Waals surface area contributed by atoms with Crippen molar-refractivity contribution in [1.29, 1.82) is 0 Å². The first-order chi connectivity index (χ1) is 10.9. The SMILES string of the molecule is Cc1cc(C)cc(NC(N)=NCCOc2ncc(Cl)cc2Cl)c1.I. The summed E-state index contributed by atoms with van der Waals surface area (Å²) in [4.78, 5) is 8.20. The molecule has 0 unspecified atom stereocenters. The number of guanidine groups is 1. The van der Waals surface area contributed by atoms with Crippen LogP contribution in [0.4, 0.5) is 5.69 Å². The Hall–Kier alpha value is -1.25. The highest BCUT2D eigenvalue weighted by atomic mass is 127. The standard InChI is InChI=1S/C16H18Cl2N4O.HI/c1-10-5-11(2)7-13(6-10)22-16(19)20-3-4-23-15-14(18)8-12(17)9-21-15;/h5-9H,3-4H2,1-2H3,(H3,19,20,22);1H. The number of nitrogens with one attached hydrogen (secondary N) is 1. The van der Waals surface area contributed by atoms with Gasteiger partial charge in [0, 0.05) is 11.9 Å². The molecule has 24 heavy (non-hydrogen) atoms. The highest BCUT2D eigenvalue weighted by molar-refractivity contribution is 14.0. The number of aromatic nitrogens is 1. The van der Waals surface area contributed by atoms with Crippen LogP contribution in [0.1, 0.15) is 11.1 Å². The second kappa shape index (κ2) is 9.90. The Bertz CT molecular complexity index is 705. The van der Waals surface area contributed by atoms with E-state index in [0.717, 1.165) is 16.8 Å². The number of rotatable bonds is 5. The van der Waals surface area contributed by atoms with Crippen LogP contribution in [0.3, 0.4) is 0 Å². The van der Waals surface area contributed by atoms with Crippen molar-refractivity contribution in [3.63, 3.8) is 0 Å². The maximum atomic E-state index is 5.96. The van der Waals surface area contributed by atoms with Gasteiger partial charge in [-0.05, 0) is 43.2 Å². The third-order valence-electron chi connectivity index (χ3n) is 2.88. The first kappa shape index (κ1) is 20.8. The molecule has 0 spiro atoms. The highest BCUT2D eigenvalue weighted by Crippen LogP contribution is 2.24. The second-order valence-electron chi connectivity index (χ2n) is 5.06. The number of pyridine rings is 1. The van der Waals surface area contributed by atoms with Gasteiger partial charge in [-0.3, -0.25) is 0 Å². The Morgan fingerprint density at radius 1 is 1.21 bits per heavy atom. The monoisotopic (exact) mass is 480 g/mol. The second-order valence-corrected chi connectivity index (χ2v) is 5.90. The molecule has 3 N–H and O–H groups in total. The summed E-state index contributed by atoms with van der Waals surface area (Å²) < 4.78 is 5.44. The lowest BCUT2D eigenvalue weighted by Gasteiger charge is -2.08. The normalized spacial score (nSPS) is 10.9. The van der Waals surface area contributed by atoms with Gasteiger partial charge in [0.25, 0.3) is 0 Å². The molecular formula is C16H19Cl2IN4O. The van der Waals surface area contributed by atoms with Crippen LogP contribution in [0.25, 0.3) is 0 Å². The average Bonchev–Trinajstić information content (AvgIpc) is 2.44. The minimum Gasteiger partial charge on any atom is -0.475 e. The summed E-state index contributed by atoms with van der Waals surface area (Å²) in [5.41, 5.74) is 9.09. The van der Waals surface area contributed by atoms with Crippen molar-refractivity contribution in [2.45, 2.75) is 13.8 Å². The fraction of sp³-hybridized carbons (Fsp3) is 0.250. The largest absolute Gasteiger partial charge is 0.475 e. The van der Waals surface area contributed by atoms with E-state index in [1.165, 1.54) is 6.20 Å². The number of aryl methyl sites for hydroxylation is 2. The smallest absolute Gasteiger partial charge is 0.232 e. The average molecular weight is 481 g/mol. The maximum Gasteiger partial charge on any atom is 0.232 e. The van der Waals surface area contributed by atoms with Crippen LogP contribution in [0, 0.1) is 13.8 Å². The molecule has 0 fully saturated rings. The molecule has 1 aromatic carbocycles. The summed E-state index contributed by atoms with van der Waals surface area (Å²) in [6.07, 6.45) is 1.47. The number of nitrogens with two attached hydrogens (primary N) is 1. The number of hydrogen-bond donors (Lipinski definition) is 2. The summed E-state index contributed by atoms with van der Waals surface area (Å²) in [6.45, 7) is 4.75. The topological polar surface area (TPSA) is 72.5 Å². The Balaban J connectivity index is 0.00000288. The summed E-state index contributed by atoms with van der Waals surface area (Å²) in [7, 11) is 0. The molecule has 0 radical (unpaired) electrons. The van der Waals surface area contributed by atoms with Gasteiger partial charge < -0.3 is 15.8 Å². The van der Waals surface area contributed by atoms with Gasteiger partial charge in [-0.15, -0.1) is 24.0 Å². The van der Waals surface area contributed by atoms with E-state index in [1.807, 2.05) is 26.0 Å². The molecule has 0 saturated heterocycles. The fourth-order valence-corrected chi connectivity index (χ4v) is 2.49. The molecule has 130 valence electrons. The van der Waals surface area contributed by atoms with E-state index in [-0.39, 0.29) is 24.0 Å². The number of ether oxygens (including phenoxy) is 1. The Labute approximate surface area is 168 Å². The summed E-state index contributed by atoms with van der Waals surface area (Å²) >= 11 is 11.7. The van der Waals surface area contributed by atoms with E-state index in [4.69, 9.17) is 33.7 Å². The molecule has 0 saturated carbocycles. The van der Waals surface area contributed by atoms with Crippen LogP contribution in [0.2, 0.25) is 10.0 Å². The van der Waals surface area contributed by atoms with E-state index < -0.39 is 0 Å². The zero-order valence-electron chi connectivity index (χ0n) is 13.3. The molecule has 0 bridgehead atoms. The van der Waals surface area contributed by atoms with Gasteiger partial charge >= 0.3 is 0 Å². The van der Waals surface area contributed by atoms with Crippen LogP contribution in [0.5, 0.6) is 5.88 Å². The first-order valence-corrected chi connectivity index (χ1v) is 7.79. The highest BCUT2D eigenvalue weighted by Gasteiger charge is 2.03. The number of nitrogens with zero attached hydrogens (tertiary/aromatic N) is 2. The Morgan fingerprint density at radius 3 is 2.50 bits per heavy atom. The molecule has 0 amide bonds. The van der Waals surface area contributed by atoms with E-state index in [2.05, 4.69) is 21.4 Å². The molecule has 1 heterocycles. The molecular weight excluding hydrogens is 462 g/mol. The predicted octanol–water partition coefficient (Wildman–Crippen LogP) is 4.43. The Kier molecular flexibility index (Phi) is 8.58. The predicted molar refractivity (Wildman–Crippen MR) is 111 cm³/mol. The molecule has 2 rings (SSSR count). The fourth-order valence-electron chi connectivity index (χ4n) is 2.05. The van der Waals surface area contributed by atoms with Crippen molar-refractivity contribution < 1.29 is 4.74 Å². The van der Waals surface area contributed by atoms with Crippen molar-refractivity contribution in [2.75, 3.05) is 18.5 Å². The third kappa shape index (κ3) is 6.70. The van der Waals surface area contributed by atoms with E-state index in [1.54, 1.807) is 6.07 Å². The molecule has 8 heteroatoms. The number of aliphatic imine (C=N–C) groups is 1. The lowest BCUT2D eigenvalue weighted by molar-refractivity contribution is 0.316. The van der Waals surface area contributed by atoms with Gasteiger partial charge in [-0.2, -0.15) is 0 Å². The molecule has 0 atom stereocenters. The first-order valence-electron chi connectivity index (χ1n) is 7.03. The van der Waals surface area contributed by atoms with Crippen molar-refractivity contribution in [1.82, 2.24) is 4.98 Å². The number of anilines is 1. The van der Waals surface area contributed by atoms with Crippen LogP contribution < -0.4 is 15.8 Å². The van der Waals surface area contributed by atoms with Crippen LogP contribution >= 0.6 is 47.2 Å². The molecule has 0 aliphatic carbocycles. The zero-order chi connectivity index (χ0) is 16.8. The number of benzene rings is 1. The summed E-state index contributed by atoms with van der Waals surface area (Å²) in [5.74, 6) is 0.654.